The summed E-state index contributed by atoms with van der Waals surface area (Å²) >= 11 is 13.3. The third-order valence-electron chi connectivity index (χ3n) is 5.07. The van der Waals surface area contributed by atoms with E-state index in [-0.39, 0.29) is 18.0 Å². The van der Waals surface area contributed by atoms with Gasteiger partial charge >= 0.3 is 0 Å². The molecule has 2 aromatic carbocycles. The molecule has 0 bridgehead atoms. The van der Waals surface area contributed by atoms with Crippen LogP contribution >= 0.6 is 35.0 Å². The van der Waals surface area contributed by atoms with Gasteiger partial charge in [0.05, 0.1) is 15.3 Å². The normalized spacial score (nSPS) is 17.2. The molecule has 0 spiro atoms. The lowest BCUT2D eigenvalue weighted by Gasteiger charge is -2.19. The van der Waals surface area contributed by atoms with Crippen molar-refractivity contribution in [3.63, 3.8) is 0 Å². The first-order chi connectivity index (χ1) is 15.3. The van der Waals surface area contributed by atoms with Gasteiger partial charge in [0.15, 0.2) is 0 Å². The number of carbonyl (C=O) groups is 2. The molecule has 0 radical (unpaired) electrons. The molecule has 2 aromatic rings. The third-order valence-corrected chi connectivity index (χ3v) is 7.07. The Bertz CT molecular complexity index is 1170. The van der Waals surface area contributed by atoms with Crippen LogP contribution in [0.3, 0.4) is 0 Å². The summed E-state index contributed by atoms with van der Waals surface area (Å²) in [6, 6.07) is 12.8. The first-order valence-electron chi connectivity index (χ1n) is 9.82. The Labute approximate surface area is 201 Å². The van der Waals surface area contributed by atoms with Gasteiger partial charge in [0.1, 0.15) is 16.7 Å². The van der Waals surface area contributed by atoms with Crippen molar-refractivity contribution in [3.05, 3.63) is 86.4 Å². The molecule has 8 heteroatoms. The third kappa shape index (κ3) is 5.02. The molecule has 5 nitrogen and oxygen atoms in total. The average Bonchev–Trinajstić information content (AvgIpc) is 3.07. The minimum absolute atomic E-state index is 0.111. The molecule has 32 heavy (non-hydrogen) atoms. The Morgan fingerprint density at radius 2 is 1.97 bits per heavy atom. The van der Waals surface area contributed by atoms with Crippen molar-refractivity contribution in [2.45, 2.75) is 25.5 Å². The van der Waals surface area contributed by atoms with Gasteiger partial charge in [-0.05, 0) is 61.2 Å². The lowest BCUT2D eigenvalue weighted by atomic mass is 10.1. The predicted octanol–water partition coefficient (Wildman–Crippen LogP) is 5.34. The molecule has 0 aromatic heterocycles. The number of rotatable bonds is 6. The van der Waals surface area contributed by atoms with Crippen LogP contribution in [0.25, 0.3) is 0 Å². The second-order valence-corrected chi connectivity index (χ2v) is 9.30. The van der Waals surface area contributed by atoms with E-state index in [4.69, 9.17) is 23.2 Å². The number of carbonyl (C=O) groups excluding carboxylic acids is 2. The highest BCUT2D eigenvalue weighted by molar-refractivity contribution is 8.05. The lowest BCUT2D eigenvalue weighted by Crippen LogP contribution is -2.32. The molecule has 0 saturated carbocycles. The summed E-state index contributed by atoms with van der Waals surface area (Å²) in [5.41, 5.74) is 3.42. The number of benzene rings is 2. The van der Waals surface area contributed by atoms with E-state index in [1.54, 1.807) is 12.1 Å². The topological polar surface area (TPSA) is 73.2 Å². The zero-order valence-electron chi connectivity index (χ0n) is 17.6. The van der Waals surface area contributed by atoms with Crippen LogP contribution in [0.2, 0.25) is 10.0 Å². The van der Waals surface area contributed by atoms with Crippen molar-refractivity contribution in [1.82, 2.24) is 5.32 Å². The SMILES string of the molecule is C=CCNC(=O)/C(C#N)=C1\SC(Cc2ccc(Cl)c(Cl)c2)C(=O)N1c1ccc(C)c(C)c1. The van der Waals surface area contributed by atoms with Gasteiger partial charge < -0.3 is 5.32 Å². The summed E-state index contributed by atoms with van der Waals surface area (Å²) in [4.78, 5) is 27.6. The van der Waals surface area contributed by atoms with Crippen molar-refractivity contribution < 1.29 is 9.59 Å². The smallest absolute Gasteiger partial charge is 0.264 e. The highest BCUT2D eigenvalue weighted by Crippen LogP contribution is 2.42. The summed E-state index contributed by atoms with van der Waals surface area (Å²) in [5, 5.41) is 13.0. The average molecular weight is 486 g/mol. The number of amides is 2. The lowest BCUT2D eigenvalue weighted by molar-refractivity contribution is -0.117. The zero-order chi connectivity index (χ0) is 23.4. The molecule has 1 N–H and O–H groups in total. The Hall–Kier alpha value is -2.72. The van der Waals surface area contributed by atoms with Crippen LogP contribution in [0.5, 0.6) is 0 Å². The summed E-state index contributed by atoms with van der Waals surface area (Å²) in [6.07, 6.45) is 1.90. The van der Waals surface area contributed by atoms with Gasteiger partial charge in [0, 0.05) is 12.2 Å². The number of aryl methyl sites for hydroxylation is 2. The Kier molecular flexibility index (Phi) is 7.68. The molecule has 164 valence electrons. The predicted molar refractivity (Wildman–Crippen MR) is 131 cm³/mol. The van der Waals surface area contributed by atoms with Crippen molar-refractivity contribution in [1.29, 1.82) is 5.26 Å². The van der Waals surface area contributed by atoms with Gasteiger partial charge in [0.2, 0.25) is 5.91 Å². The molecule has 1 aliphatic rings. The molecule has 1 unspecified atom stereocenters. The maximum Gasteiger partial charge on any atom is 0.264 e. The molecule has 0 aliphatic carbocycles. The molecule has 1 heterocycles. The fourth-order valence-electron chi connectivity index (χ4n) is 3.22. The minimum Gasteiger partial charge on any atom is -0.348 e. The van der Waals surface area contributed by atoms with Crippen molar-refractivity contribution in [2.24, 2.45) is 0 Å². The molecular weight excluding hydrogens is 465 g/mol. The number of nitrogens with one attached hydrogen (secondary N) is 1. The zero-order valence-corrected chi connectivity index (χ0v) is 19.9. The van der Waals surface area contributed by atoms with Gasteiger partial charge in [-0.15, -0.1) is 6.58 Å². The number of anilines is 1. The van der Waals surface area contributed by atoms with Gasteiger partial charge in [-0.1, -0.05) is 53.2 Å². The molecule has 1 aliphatic heterocycles. The van der Waals surface area contributed by atoms with Crippen LogP contribution in [0.15, 0.2) is 59.7 Å². The largest absolute Gasteiger partial charge is 0.348 e. The van der Waals surface area contributed by atoms with Gasteiger partial charge in [0.25, 0.3) is 5.91 Å². The molecule has 1 saturated heterocycles. The number of hydrogen-bond acceptors (Lipinski definition) is 4. The minimum atomic E-state index is -0.549. The van der Waals surface area contributed by atoms with Crippen LogP contribution in [0.4, 0.5) is 5.69 Å². The fraction of sp³-hybridized carbons (Fsp3) is 0.208. The molecule has 1 fully saturated rings. The van der Waals surface area contributed by atoms with Crippen LogP contribution < -0.4 is 10.2 Å². The highest BCUT2D eigenvalue weighted by Gasteiger charge is 2.40. The summed E-state index contributed by atoms with van der Waals surface area (Å²) < 4.78 is 0. The van der Waals surface area contributed by atoms with E-state index in [0.29, 0.717) is 27.2 Å². The fourth-order valence-corrected chi connectivity index (χ4v) is 4.85. The Morgan fingerprint density at radius 3 is 2.59 bits per heavy atom. The van der Waals surface area contributed by atoms with E-state index in [9.17, 15) is 14.9 Å². The maximum atomic E-state index is 13.5. The van der Waals surface area contributed by atoms with E-state index >= 15 is 0 Å². The van der Waals surface area contributed by atoms with E-state index in [1.165, 1.54) is 22.7 Å². The van der Waals surface area contributed by atoms with Crippen molar-refractivity contribution in [2.75, 3.05) is 11.4 Å². The first-order valence-corrected chi connectivity index (χ1v) is 11.5. The molecule has 2 amide bonds. The molecule has 3 rings (SSSR count). The van der Waals surface area contributed by atoms with Gasteiger partial charge in [-0.25, -0.2) is 0 Å². The van der Waals surface area contributed by atoms with Crippen LogP contribution in [0, 0.1) is 25.2 Å². The van der Waals surface area contributed by atoms with Gasteiger partial charge in [-0.2, -0.15) is 5.26 Å². The van der Waals surface area contributed by atoms with Gasteiger partial charge in [-0.3, -0.25) is 14.5 Å². The quantitative estimate of drug-likeness (QED) is 0.340. The monoisotopic (exact) mass is 485 g/mol. The molecule has 1 atom stereocenters. The van der Waals surface area contributed by atoms with E-state index in [0.717, 1.165) is 16.7 Å². The summed E-state index contributed by atoms with van der Waals surface area (Å²) in [6.45, 7) is 7.72. The van der Waals surface area contributed by atoms with E-state index in [2.05, 4.69) is 11.9 Å². The van der Waals surface area contributed by atoms with Crippen molar-refractivity contribution in [3.8, 4) is 6.07 Å². The first kappa shape index (κ1) is 23.9. The maximum absolute atomic E-state index is 13.5. The number of halogens is 2. The van der Waals surface area contributed by atoms with Crippen LogP contribution in [0.1, 0.15) is 16.7 Å². The second-order valence-electron chi connectivity index (χ2n) is 7.29. The van der Waals surface area contributed by atoms with E-state index in [1.807, 2.05) is 44.2 Å². The van der Waals surface area contributed by atoms with Crippen LogP contribution in [-0.2, 0) is 16.0 Å². The standard InChI is InChI=1S/C24H21Cl2N3O2S/c1-4-9-28-22(30)18(13-27)24-29(17-7-5-14(2)15(3)10-17)23(31)21(32-24)12-16-6-8-19(25)20(26)11-16/h4-8,10-11,21H,1,9,12H2,2-3H3,(H,28,30)/b24-18-. The summed E-state index contributed by atoms with van der Waals surface area (Å²) in [7, 11) is 0. The molecular formula is C24H21Cl2N3O2S. The second kappa shape index (κ2) is 10.3. The number of hydrogen-bond donors (Lipinski definition) is 1. The number of nitriles is 1. The highest BCUT2D eigenvalue weighted by atomic mass is 35.5. The Balaban J connectivity index is 2.06. The number of nitrogens with zero attached hydrogens (tertiary/aromatic N) is 2. The van der Waals surface area contributed by atoms with Crippen LogP contribution in [-0.4, -0.2) is 23.6 Å². The van der Waals surface area contributed by atoms with Crippen molar-refractivity contribution >= 4 is 52.5 Å². The number of thioether (sulfide) groups is 1. The summed E-state index contributed by atoms with van der Waals surface area (Å²) in [5.74, 6) is -0.754. The van der Waals surface area contributed by atoms with E-state index < -0.39 is 11.2 Å². The Morgan fingerprint density at radius 1 is 1.22 bits per heavy atom.